The molecule has 0 unspecified atom stereocenters. The van der Waals surface area contributed by atoms with Gasteiger partial charge in [0.05, 0.1) is 5.41 Å². The highest BCUT2D eigenvalue weighted by molar-refractivity contribution is 6.76. The van der Waals surface area contributed by atoms with Crippen molar-refractivity contribution in [3.05, 3.63) is 41.2 Å². The van der Waals surface area contributed by atoms with E-state index in [1.165, 1.54) is 0 Å². The van der Waals surface area contributed by atoms with Gasteiger partial charge in [0, 0.05) is 39.5 Å². The Morgan fingerprint density at radius 2 is 1.93 bits per heavy atom. The van der Waals surface area contributed by atoms with Gasteiger partial charge in [-0.3, -0.25) is 9.69 Å². The second-order valence-corrected chi connectivity index (χ2v) is 15.2. The predicted molar refractivity (Wildman–Crippen MR) is 121 cm³/mol. The first kappa shape index (κ1) is 21.2. The lowest BCUT2D eigenvalue weighted by Gasteiger charge is -2.38. The van der Waals surface area contributed by atoms with E-state index in [2.05, 4.69) is 39.7 Å². The normalized spacial score (nSPS) is 18.2. The summed E-state index contributed by atoms with van der Waals surface area (Å²) in [6.45, 7) is 9.35. The van der Waals surface area contributed by atoms with Crippen LogP contribution in [0.4, 0.5) is 11.6 Å². The van der Waals surface area contributed by atoms with E-state index in [-0.39, 0.29) is 12.6 Å². The van der Waals surface area contributed by atoms with E-state index in [4.69, 9.17) is 16.3 Å². The van der Waals surface area contributed by atoms with Crippen molar-refractivity contribution in [3.8, 4) is 0 Å². The summed E-state index contributed by atoms with van der Waals surface area (Å²) in [4.78, 5) is 22.0. The lowest BCUT2D eigenvalue weighted by molar-refractivity contribution is -0.125. The van der Waals surface area contributed by atoms with E-state index < -0.39 is 13.5 Å². The largest absolute Gasteiger partial charge is 0.361 e. The number of amides is 1. The zero-order chi connectivity index (χ0) is 21.4. The number of fused-ring (bicyclic) bond motifs is 2. The fourth-order valence-electron chi connectivity index (χ4n) is 4.19. The Kier molecular flexibility index (Phi) is 5.83. The smallest absolute Gasteiger partial charge is 0.241 e. The molecule has 0 atom stereocenters. The van der Waals surface area contributed by atoms with Crippen molar-refractivity contribution in [2.75, 3.05) is 36.2 Å². The zero-order valence-electron chi connectivity index (χ0n) is 17.8. The molecule has 2 aromatic rings. The number of hydrogen-bond acceptors (Lipinski definition) is 6. The van der Waals surface area contributed by atoms with Gasteiger partial charge in [0.25, 0.3) is 0 Å². The van der Waals surface area contributed by atoms with Crippen molar-refractivity contribution >= 4 is 37.2 Å². The number of hydrogen-bond donors (Lipinski definition) is 0. The van der Waals surface area contributed by atoms with Gasteiger partial charge in [0.2, 0.25) is 5.91 Å². The molecule has 0 N–H and O–H groups in total. The lowest BCUT2D eigenvalue weighted by Crippen LogP contribution is -2.49. The highest BCUT2D eigenvalue weighted by Gasteiger charge is 2.53. The molecular formula is C21H28ClN5O2Si. The third kappa shape index (κ3) is 4.08. The van der Waals surface area contributed by atoms with Gasteiger partial charge >= 0.3 is 0 Å². The zero-order valence-corrected chi connectivity index (χ0v) is 19.5. The number of pyridine rings is 1. The number of rotatable bonds is 6. The van der Waals surface area contributed by atoms with Gasteiger partial charge in [-0.25, -0.2) is 4.98 Å². The first-order valence-corrected chi connectivity index (χ1v) is 14.5. The summed E-state index contributed by atoms with van der Waals surface area (Å²) >= 11 is 5.86. The van der Waals surface area contributed by atoms with Crippen LogP contribution in [0.1, 0.15) is 18.4 Å². The average Bonchev–Trinajstić information content (AvgIpc) is 2.94. The molecule has 1 spiro atoms. The molecule has 0 radical (unpaired) electrons. The molecule has 2 aromatic heterocycles. The summed E-state index contributed by atoms with van der Waals surface area (Å²) in [5.74, 6) is 1.64. The standard InChI is InChI=1S/C21H28ClN5O2Si/c1-30(2,3)14-13-29-15-27-19-16(5-4-10-23-19)21(20(27)28)8-11-26(12-9-21)18-7-6-17(22)24-25-18/h4-7,10H,8-9,11-15H2,1-3H3. The van der Waals surface area contributed by atoms with Crippen LogP contribution in [0.25, 0.3) is 0 Å². The van der Waals surface area contributed by atoms with Crippen LogP contribution in [0.2, 0.25) is 30.8 Å². The van der Waals surface area contributed by atoms with E-state index in [0.717, 1.165) is 36.3 Å². The van der Waals surface area contributed by atoms with Crippen LogP contribution >= 0.6 is 11.6 Å². The van der Waals surface area contributed by atoms with Gasteiger partial charge in [-0.2, -0.15) is 0 Å². The van der Waals surface area contributed by atoms with Crippen molar-refractivity contribution in [2.24, 2.45) is 0 Å². The number of nitrogens with zero attached hydrogens (tertiary/aromatic N) is 5. The number of aromatic nitrogens is 3. The number of carbonyl (C=O) groups is 1. The average molecular weight is 446 g/mol. The molecule has 2 aliphatic heterocycles. The maximum absolute atomic E-state index is 13.6. The summed E-state index contributed by atoms with van der Waals surface area (Å²) in [5, 5.41) is 8.50. The van der Waals surface area contributed by atoms with Crippen molar-refractivity contribution in [1.82, 2.24) is 15.2 Å². The Balaban J connectivity index is 1.49. The molecule has 4 heterocycles. The molecule has 160 valence electrons. The van der Waals surface area contributed by atoms with Gasteiger partial charge in [-0.05, 0) is 37.1 Å². The fraction of sp³-hybridized carbons (Fsp3) is 0.524. The van der Waals surface area contributed by atoms with E-state index in [1.54, 1.807) is 17.2 Å². The topological polar surface area (TPSA) is 71.5 Å². The van der Waals surface area contributed by atoms with Crippen molar-refractivity contribution < 1.29 is 9.53 Å². The minimum absolute atomic E-state index is 0.103. The highest BCUT2D eigenvalue weighted by atomic mass is 35.5. The predicted octanol–water partition coefficient (Wildman–Crippen LogP) is 3.72. The Hall–Kier alpha value is -2.03. The minimum atomic E-state index is -1.17. The second kappa shape index (κ2) is 8.24. The van der Waals surface area contributed by atoms with Gasteiger partial charge in [-0.15, -0.1) is 10.2 Å². The number of anilines is 2. The van der Waals surface area contributed by atoms with Crippen LogP contribution in [0.3, 0.4) is 0 Å². The van der Waals surface area contributed by atoms with E-state index in [1.807, 2.05) is 18.2 Å². The van der Waals surface area contributed by atoms with Crippen molar-refractivity contribution in [3.63, 3.8) is 0 Å². The van der Waals surface area contributed by atoms with Gasteiger partial charge < -0.3 is 9.64 Å². The summed E-state index contributed by atoms with van der Waals surface area (Å²) < 4.78 is 5.92. The number of halogens is 1. The van der Waals surface area contributed by atoms with Gasteiger partial charge in [0.15, 0.2) is 11.0 Å². The molecule has 9 heteroatoms. The van der Waals surface area contributed by atoms with Gasteiger partial charge in [-0.1, -0.05) is 37.3 Å². The molecular weight excluding hydrogens is 418 g/mol. The number of piperidine rings is 1. The maximum Gasteiger partial charge on any atom is 0.241 e. The van der Waals surface area contributed by atoms with Crippen LogP contribution < -0.4 is 9.80 Å². The molecule has 1 saturated heterocycles. The fourth-order valence-corrected chi connectivity index (χ4v) is 5.05. The molecule has 0 bridgehead atoms. The minimum Gasteiger partial charge on any atom is -0.361 e. The number of carbonyl (C=O) groups excluding carboxylic acids is 1. The van der Waals surface area contributed by atoms with Crippen LogP contribution in [0, 0.1) is 0 Å². The quantitative estimate of drug-likeness (QED) is 0.498. The molecule has 4 rings (SSSR count). The van der Waals surface area contributed by atoms with Crippen LogP contribution in [0.5, 0.6) is 0 Å². The van der Waals surface area contributed by atoms with E-state index in [0.29, 0.717) is 24.6 Å². The van der Waals surface area contributed by atoms with Gasteiger partial charge in [0.1, 0.15) is 12.5 Å². The van der Waals surface area contributed by atoms with E-state index in [9.17, 15) is 4.79 Å². The lowest BCUT2D eigenvalue weighted by atomic mass is 9.74. The summed E-state index contributed by atoms with van der Waals surface area (Å²) in [6.07, 6.45) is 3.17. The first-order chi connectivity index (χ1) is 14.3. The Labute approximate surface area is 183 Å². The second-order valence-electron chi connectivity index (χ2n) is 9.24. The Morgan fingerprint density at radius 3 is 2.60 bits per heavy atom. The molecule has 30 heavy (non-hydrogen) atoms. The van der Waals surface area contributed by atoms with Crippen molar-refractivity contribution in [2.45, 2.75) is 43.9 Å². The molecule has 2 aliphatic rings. The monoisotopic (exact) mass is 445 g/mol. The van der Waals surface area contributed by atoms with Crippen LogP contribution in [-0.2, 0) is 14.9 Å². The molecule has 1 fully saturated rings. The van der Waals surface area contributed by atoms with Crippen LogP contribution in [0.15, 0.2) is 30.5 Å². The maximum atomic E-state index is 13.6. The summed E-state index contributed by atoms with van der Waals surface area (Å²) in [6, 6.07) is 8.65. The number of ether oxygens (including phenoxy) is 1. The molecule has 0 saturated carbocycles. The van der Waals surface area contributed by atoms with E-state index >= 15 is 0 Å². The Morgan fingerprint density at radius 1 is 1.17 bits per heavy atom. The summed E-state index contributed by atoms with van der Waals surface area (Å²) in [5.41, 5.74) is 0.480. The van der Waals surface area contributed by atoms with Crippen molar-refractivity contribution in [1.29, 1.82) is 0 Å². The van der Waals surface area contributed by atoms with Crippen LogP contribution in [-0.4, -0.2) is 55.6 Å². The Bertz CT molecular complexity index is 910. The third-order valence-corrected chi connectivity index (χ3v) is 7.89. The molecule has 7 nitrogen and oxygen atoms in total. The molecule has 1 amide bonds. The third-order valence-electron chi connectivity index (χ3n) is 5.99. The first-order valence-electron chi connectivity index (χ1n) is 10.4. The molecule has 0 aromatic carbocycles. The molecule has 0 aliphatic carbocycles. The summed E-state index contributed by atoms with van der Waals surface area (Å²) in [7, 11) is -1.17. The highest BCUT2D eigenvalue weighted by Crippen LogP contribution is 2.47. The SMILES string of the molecule is C[Si](C)(C)CCOCN1C(=O)C2(CCN(c3ccc(Cl)nn3)CC2)c2cccnc21.